The summed E-state index contributed by atoms with van der Waals surface area (Å²) >= 11 is 3.22. The molecule has 3 nitrogen and oxygen atoms in total. The molecule has 5 heteroatoms. The number of carbonyl (C=O) groups excluding carboxylic acids is 1. The fourth-order valence-electron chi connectivity index (χ4n) is 3.52. The first kappa shape index (κ1) is 15.3. The Bertz CT molecular complexity index is 667. The van der Waals surface area contributed by atoms with Crippen LogP contribution in [-0.2, 0) is 0 Å². The van der Waals surface area contributed by atoms with Gasteiger partial charge in [-0.3, -0.25) is 4.79 Å². The first-order valence-corrected chi connectivity index (χ1v) is 10.2. The van der Waals surface area contributed by atoms with Crippen LogP contribution in [-0.4, -0.2) is 27.9 Å². The molecule has 2 aliphatic rings. The number of hydrogen-bond donors (Lipinski definition) is 0. The van der Waals surface area contributed by atoms with Gasteiger partial charge >= 0.3 is 0 Å². The SMILES string of the molecule is CC1CCC(N(C(=O)c2cnc(-c3cccs3)s2)C2CC2)CC1. The lowest BCUT2D eigenvalue weighted by Gasteiger charge is -2.36. The van der Waals surface area contributed by atoms with E-state index in [4.69, 9.17) is 0 Å². The van der Waals surface area contributed by atoms with Crippen molar-refractivity contribution in [3.05, 3.63) is 28.6 Å². The highest BCUT2D eigenvalue weighted by Gasteiger charge is 2.39. The number of carbonyl (C=O) groups is 1. The van der Waals surface area contributed by atoms with E-state index in [2.05, 4.69) is 28.3 Å². The fourth-order valence-corrected chi connectivity index (χ4v) is 5.18. The predicted molar refractivity (Wildman–Crippen MR) is 96.0 cm³/mol. The Morgan fingerprint density at radius 3 is 2.48 bits per heavy atom. The van der Waals surface area contributed by atoms with Crippen molar-refractivity contribution in [2.45, 2.75) is 57.5 Å². The molecule has 0 aliphatic heterocycles. The van der Waals surface area contributed by atoms with Gasteiger partial charge in [0.1, 0.15) is 9.88 Å². The molecule has 0 atom stereocenters. The van der Waals surface area contributed by atoms with Gasteiger partial charge in [0.05, 0.1) is 11.1 Å². The van der Waals surface area contributed by atoms with E-state index >= 15 is 0 Å². The van der Waals surface area contributed by atoms with Crippen LogP contribution in [0.3, 0.4) is 0 Å². The molecule has 1 amide bonds. The van der Waals surface area contributed by atoms with Crippen LogP contribution in [0.1, 0.15) is 55.1 Å². The molecule has 0 bridgehead atoms. The molecule has 122 valence electrons. The van der Waals surface area contributed by atoms with Crippen molar-refractivity contribution in [1.82, 2.24) is 9.88 Å². The zero-order chi connectivity index (χ0) is 15.8. The lowest BCUT2D eigenvalue weighted by Crippen LogP contribution is -2.43. The highest BCUT2D eigenvalue weighted by Crippen LogP contribution is 2.37. The molecule has 2 aromatic heterocycles. The van der Waals surface area contributed by atoms with E-state index < -0.39 is 0 Å². The summed E-state index contributed by atoms with van der Waals surface area (Å²) in [5, 5.41) is 3.02. The Labute approximate surface area is 145 Å². The van der Waals surface area contributed by atoms with Crippen molar-refractivity contribution in [2.24, 2.45) is 5.92 Å². The summed E-state index contributed by atoms with van der Waals surface area (Å²) in [4.78, 5) is 21.7. The van der Waals surface area contributed by atoms with Crippen LogP contribution in [0.4, 0.5) is 0 Å². The van der Waals surface area contributed by atoms with Gasteiger partial charge in [-0.2, -0.15) is 0 Å². The minimum Gasteiger partial charge on any atom is -0.332 e. The van der Waals surface area contributed by atoms with Crippen LogP contribution in [0.15, 0.2) is 23.7 Å². The second-order valence-corrected chi connectivity index (χ2v) is 8.84. The predicted octanol–water partition coefficient (Wildman–Crippen LogP) is 5.05. The minimum atomic E-state index is 0.215. The number of aromatic nitrogens is 1. The van der Waals surface area contributed by atoms with Crippen LogP contribution in [0.25, 0.3) is 9.88 Å². The van der Waals surface area contributed by atoms with Gasteiger partial charge in [-0.1, -0.05) is 13.0 Å². The molecule has 0 aromatic carbocycles. The highest BCUT2D eigenvalue weighted by molar-refractivity contribution is 7.21. The van der Waals surface area contributed by atoms with E-state index in [9.17, 15) is 4.79 Å². The Hall–Kier alpha value is -1.20. The quantitative estimate of drug-likeness (QED) is 0.775. The number of amides is 1. The van der Waals surface area contributed by atoms with Crippen LogP contribution < -0.4 is 0 Å². The molecule has 0 spiro atoms. The van der Waals surface area contributed by atoms with Crippen molar-refractivity contribution in [2.75, 3.05) is 0 Å². The van der Waals surface area contributed by atoms with E-state index in [1.807, 2.05) is 6.07 Å². The summed E-state index contributed by atoms with van der Waals surface area (Å²) in [6.45, 7) is 2.33. The molecule has 0 radical (unpaired) electrons. The van der Waals surface area contributed by atoms with E-state index in [-0.39, 0.29) is 5.91 Å². The van der Waals surface area contributed by atoms with E-state index in [1.165, 1.54) is 38.5 Å². The molecule has 2 heterocycles. The first-order chi connectivity index (χ1) is 11.2. The van der Waals surface area contributed by atoms with E-state index in [1.54, 1.807) is 28.9 Å². The molecule has 4 rings (SSSR count). The van der Waals surface area contributed by atoms with Gasteiger partial charge in [-0.25, -0.2) is 4.98 Å². The normalized spacial score (nSPS) is 24.6. The Morgan fingerprint density at radius 1 is 1.17 bits per heavy atom. The Kier molecular flexibility index (Phi) is 4.24. The molecule has 2 fully saturated rings. The number of thiophene rings is 1. The van der Waals surface area contributed by atoms with Crippen molar-refractivity contribution in [1.29, 1.82) is 0 Å². The van der Waals surface area contributed by atoms with Gasteiger partial charge < -0.3 is 4.90 Å². The number of thiazole rings is 1. The maximum absolute atomic E-state index is 13.1. The maximum Gasteiger partial charge on any atom is 0.266 e. The number of rotatable bonds is 4. The largest absolute Gasteiger partial charge is 0.332 e. The van der Waals surface area contributed by atoms with Gasteiger partial charge in [0.15, 0.2) is 0 Å². The van der Waals surface area contributed by atoms with Gasteiger partial charge in [0, 0.05) is 12.1 Å². The van der Waals surface area contributed by atoms with E-state index in [0.717, 1.165) is 20.7 Å². The average Bonchev–Trinajstić information content (AvgIpc) is 3.06. The van der Waals surface area contributed by atoms with Crippen LogP contribution in [0.5, 0.6) is 0 Å². The molecule has 2 saturated carbocycles. The third-order valence-electron chi connectivity index (χ3n) is 5.00. The topological polar surface area (TPSA) is 33.2 Å². The Morgan fingerprint density at radius 2 is 1.87 bits per heavy atom. The molecule has 0 N–H and O–H groups in total. The highest BCUT2D eigenvalue weighted by atomic mass is 32.1. The maximum atomic E-state index is 13.1. The lowest BCUT2D eigenvalue weighted by atomic mass is 9.86. The zero-order valence-corrected chi connectivity index (χ0v) is 15.0. The molecule has 2 aromatic rings. The van der Waals surface area contributed by atoms with Crippen molar-refractivity contribution in [3.63, 3.8) is 0 Å². The molecular weight excluding hydrogens is 324 g/mol. The third kappa shape index (κ3) is 3.22. The van der Waals surface area contributed by atoms with Crippen molar-refractivity contribution >= 4 is 28.6 Å². The average molecular weight is 347 g/mol. The second-order valence-electron chi connectivity index (χ2n) is 6.86. The Balaban J connectivity index is 1.54. The van der Waals surface area contributed by atoms with Crippen LogP contribution in [0, 0.1) is 5.92 Å². The summed E-state index contributed by atoms with van der Waals surface area (Å²) in [6.07, 6.45) is 8.97. The molecule has 0 unspecified atom stereocenters. The van der Waals surface area contributed by atoms with Gasteiger partial charge in [0.2, 0.25) is 0 Å². The third-order valence-corrected chi connectivity index (χ3v) is 7.03. The summed E-state index contributed by atoms with van der Waals surface area (Å²) < 4.78 is 0. The number of hydrogen-bond acceptors (Lipinski definition) is 4. The molecular formula is C18H22N2OS2. The monoisotopic (exact) mass is 346 g/mol. The van der Waals surface area contributed by atoms with Gasteiger partial charge in [-0.15, -0.1) is 22.7 Å². The van der Waals surface area contributed by atoms with E-state index in [0.29, 0.717) is 12.1 Å². The first-order valence-electron chi connectivity index (χ1n) is 8.54. The summed E-state index contributed by atoms with van der Waals surface area (Å²) in [5.74, 6) is 1.03. The smallest absolute Gasteiger partial charge is 0.266 e. The molecule has 23 heavy (non-hydrogen) atoms. The van der Waals surface area contributed by atoms with Crippen molar-refractivity contribution in [3.8, 4) is 9.88 Å². The van der Waals surface area contributed by atoms with Gasteiger partial charge in [0.25, 0.3) is 5.91 Å². The zero-order valence-electron chi connectivity index (χ0n) is 13.4. The summed E-state index contributed by atoms with van der Waals surface area (Å²) in [7, 11) is 0. The van der Waals surface area contributed by atoms with Gasteiger partial charge in [-0.05, 0) is 55.9 Å². The molecule has 2 aliphatic carbocycles. The second kappa shape index (κ2) is 6.36. The fraction of sp³-hybridized carbons (Fsp3) is 0.556. The standard InChI is InChI=1S/C18H22N2OS2/c1-12-4-6-13(7-5-12)20(14-8-9-14)18(21)16-11-19-17(23-16)15-3-2-10-22-15/h2-3,10-14H,4-9H2,1H3. The van der Waals surface area contributed by atoms with Crippen molar-refractivity contribution < 1.29 is 4.79 Å². The summed E-state index contributed by atoms with van der Waals surface area (Å²) in [6, 6.07) is 5.02. The minimum absolute atomic E-state index is 0.215. The lowest BCUT2D eigenvalue weighted by molar-refractivity contribution is 0.0598. The van der Waals surface area contributed by atoms with Crippen LogP contribution in [0.2, 0.25) is 0 Å². The summed E-state index contributed by atoms with van der Waals surface area (Å²) in [5.41, 5.74) is 0. The van der Waals surface area contributed by atoms with Crippen LogP contribution >= 0.6 is 22.7 Å². The number of nitrogens with zero attached hydrogens (tertiary/aromatic N) is 2. The molecule has 0 saturated heterocycles.